The molecule has 0 bridgehead atoms. The van der Waals surface area contributed by atoms with Crippen LogP contribution in [0.3, 0.4) is 0 Å². The molecule has 1 fully saturated rings. The molecule has 108 valence electrons. The molecular formula is C16H26O3. The van der Waals surface area contributed by atoms with Gasteiger partial charge in [-0.25, -0.2) is 0 Å². The van der Waals surface area contributed by atoms with Crippen molar-refractivity contribution in [2.75, 3.05) is 7.11 Å². The van der Waals surface area contributed by atoms with E-state index in [2.05, 4.69) is 32.9 Å². The predicted molar refractivity (Wildman–Crippen MR) is 75.7 cm³/mol. The number of fused-ring (bicyclic) bond motifs is 1. The van der Waals surface area contributed by atoms with Crippen LogP contribution in [0.5, 0.6) is 0 Å². The number of allylic oxidation sites excluding steroid dienone is 2. The zero-order valence-corrected chi connectivity index (χ0v) is 12.4. The van der Waals surface area contributed by atoms with Crippen LogP contribution in [-0.4, -0.2) is 30.7 Å². The fourth-order valence-corrected chi connectivity index (χ4v) is 3.30. The van der Waals surface area contributed by atoms with E-state index in [-0.39, 0.29) is 30.3 Å². The molecule has 1 aliphatic carbocycles. The van der Waals surface area contributed by atoms with Gasteiger partial charge in [-0.15, -0.1) is 0 Å². The highest BCUT2D eigenvalue weighted by Gasteiger charge is 2.44. The van der Waals surface area contributed by atoms with Crippen molar-refractivity contribution < 1.29 is 14.6 Å². The Morgan fingerprint density at radius 2 is 2.05 bits per heavy atom. The molecule has 0 radical (unpaired) electrons. The number of hydrogen-bond acceptors (Lipinski definition) is 3. The van der Waals surface area contributed by atoms with Crippen LogP contribution in [0.15, 0.2) is 23.3 Å². The lowest BCUT2D eigenvalue weighted by molar-refractivity contribution is -0.120. The zero-order chi connectivity index (χ0) is 14.0. The first-order valence-electron chi connectivity index (χ1n) is 7.22. The second-order valence-corrected chi connectivity index (χ2v) is 6.01. The van der Waals surface area contributed by atoms with E-state index in [1.165, 1.54) is 11.1 Å². The fraction of sp³-hybridized carbons (Fsp3) is 0.750. The van der Waals surface area contributed by atoms with Crippen LogP contribution in [0.2, 0.25) is 0 Å². The van der Waals surface area contributed by atoms with Crippen LogP contribution in [-0.2, 0) is 9.47 Å². The molecule has 0 spiro atoms. The highest BCUT2D eigenvalue weighted by molar-refractivity contribution is 5.12. The van der Waals surface area contributed by atoms with Gasteiger partial charge in [0.15, 0.2) is 6.29 Å². The minimum atomic E-state index is -0.362. The van der Waals surface area contributed by atoms with E-state index in [1.54, 1.807) is 7.11 Å². The molecule has 3 heteroatoms. The lowest BCUT2D eigenvalue weighted by Gasteiger charge is -2.26. The first-order chi connectivity index (χ1) is 9.02. The summed E-state index contributed by atoms with van der Waals surface area (Å²) in [6, 6.07) is 0. The van der Waals surface area contributed by atoms with Crippen LogP contribution in [0.4, 0.5) is 0 Å². The molecule has 2 rings (SSSR count). The number of methoxy groups -OCH3 is 1. The van der Waals surface area contributed by atoms with Crippen molar-refractivity contribution in [1.82, 2.24) is 0 Å². The first kappa shape index (κ1) is 14.8. The lowest BCUT2D eigenvalue weighted by Crippen LogP contribution is -2.32. The summed E-state index contributed by atoms with van der Waals surface area (Å²) in [7, 11) is 1.67. The van der Waals surface area contributed by atoms with E-state index in [1.807, 2.05) is 0 Å². The Kier molecular flexibility index (Phi) is 4.82. The molecule has 0 amide bonds. The Bertz CT molecular complexity index is 372. The Labute approximate surface area is 116 Å². The molecule has 1 saturated heterocycles. The Hall–Kier alpha value is -0.640. The fourth-order valence-electron chi connectivity index (χ4n) is 3.30. The van der Waals surface area contributed by atoms with Gasteiger partial charge in [-0.05, 0) is 33.1 Å². The largest absolute Gasteiger partial charge is 0.392 e. The van der Waals surface area contributed by atoms with Gasteiger partial charge in [0, 0.05) is 18.9 Å². The van der Waals surface area contributed by atoms with Gasteiger partial charge in [-0.3, -0.25) is 0 Å². The third-order valence-electron chi connectivity index (χ3n) is 4.40. The summed E-state index contributed by atoms with van der Waals surface area (Å²) in [4.78, 5) is 0. The highest BCUT2D eigenvalue weighted by atomic mass is 16.7. The van der Waals surface area contributed by atoms with Gasteiger partial charge in [0.05, 0.1) is 12.2 Å². The summed E-state index contributed by atoms with van der Waals surface area (Å²) >= 11 is 0. The average Bonchev–Trinajstić information content (AvgIpc) is 2.64. The van der Waals surface area contributed by atoms with E-state index in [0.717, 1.165) is 19.3 Å². The maximum Gasteiger partial charge on any atom is 0.161 e. The number of ether oxygens (including phenoxy) is 2. The van der Waals surface area contributed by atoms with Gasteiger partial charge in [0.25, 0.3) is 0 Å². The molecule has 0 aromatic rings. The molecule has 0 saturated carbocycles. The van der Waals surface area contributed by atoms with Gasteiger partial charge < -0.3 is 14.6 Å². The summed E-state index contributed by atoms with van der Waals surface area (Å²) < 4.78 is 11.3. The standard InChI is InChI=1S/C16H26O3/c1-10-6-5-7-11(2)9-14-15(13(17)8-10)12(3)16(18-4)19-14/h6,9,12-17H,5,7-8H2,1-4H3/b10-6+,11-9+/t12-,13-,14-,15+,16-/m0/s1. The Morgan fingerprint density at radius 1 is 1.32 bits per heavy atom. The van der Waals surface area contributed by atoms with E-state index in [0.29, 0.717) is 0 Å². The monoisotopic (exact) mass is 266 g/mol. The Morgan fingerprint density at radius 3 is 2.74 bits per heavy atom. The molecule has 0 aromatic heterocycles. The zero-order valence-electron chi connectivity index (χ0n) is 12.4. The molecule has 2 aliphatic rings. The van der Waals surface area contributed by atoms with Crippen LogP contribution >= 0.6 is 0 Å². The predicted octanol–water partition coefficient (Wildman–Crippen LogP) is 3.05. The minimum absolute atomic E-state index is 0.0270. The molecule has 1 heterocycles. The third kappa shape index (κ3) is 3.28. The summed E-state index contributed by atoms with van der Waals surface area (Å²) in [5.74, 6) is 0.322. The van der Waals surface area contributed by atoms with E-state index < -0.39 is 0 Å². The summed E-state index contributed by atoms with van der Waals surface area (Å²) in [6.45, 7) is 6.35. The number of aliphatic hydroxyl groups is 1. The topological polar surface area (TPSA) is 38.7 Å². The maximum absolute atomic E-state index is 10.5. The van der Waals surface area contributed by atoms with Crippen molar-refractivity contribution >= 4 is 0 Å². The smallest absolute Gasteiger partial charge is 0.161 e. The van der Waals surface area contributed by atoms with Gasteiger partial charge in [-0.2, -0.15) is 0 Å². The summed E-state index contributed by atoms with van der Waals surface area (Å²) in [6.07, 6.45) is 6.66. The third-order valence-corrected chi connectivity index (χ3v) is 4.40. The average molecular weight is 266 g/mol. The van der Waals surface area contributed by atoms with Gasteiger partial charge >= 0.3 is 0 Å². The Balaban J connectivity index is 2.27. The van der Waals surface area contributed by atoms with Crippen LogP contribution in [0.1, 0.15) is 40.0 Å². The molecule has 1 N–H and O–H groups in total. The quantitative estimate of drug-likeness (QED) is 0.741. The number of hydrogen-bond donors (Lipinski definition) is 1. The van der Waals surface area contributed by atoms with Crippen molar-refractivity contribution in [1.29, 1.82) is 0 Å². The van der Waals surface area contributed by atoms with Gasteiger partial charge in [0.2, 0.25) is 0 Å². The second-order valence-electron chi connectivity index (χ2n) is 6.01. The lowest BCUT2D eigenvalue weighted by atomic mass is 9.82. The number of aliphatic hydroxyl groups excluding tert-OH is 1. The van der Waals surface area contributed by atoms with Crippen LogP contribution in [0, 0.1) is 11.8 Å². The van der Waals surface area contributed by atoms with Crippen LogP contribution in [0.25, 0.3) is 0 Å². The molecule has 5 atom stereocenters. The summed E-state index contributed by atoms with van der Waals surface area (Å²) in [5, 5.41) is 10.5. The SMILES string of the molecule is CO[C@H]1O[C@H]2/C=C(\C)CC/C=C(\C)C[C@H](O)[C@H]2[C@@H]1C. The molecule has 1 aliphatic heterocycles. The van der Waals surface area contributed by atoms with Crippen molar-refractivity contribution in [3.63, 3.8) is 0 Å². The van der Waals surface area contributed by atoms with Gasteiger partial charge in [-0.1, -0.05) is 30.2 Å². The molecule has 0 unspecified atom stereocenters. The van der Waals surface area contributed by atoms with Gasteiger partial charge in [0.1, 0.15) is 0 Å². The van der Waals surface area contributed by atoms with E-state index in [9.17, 15) is 5.11 Å². The maximum atomic E-state index is 10.5. The number of rotatable bonds is 1. The summed E-state index contributed by atoms with van der Waals surface area (Å²) in [5.41, 5.74) is 2.60. The molecular weight excluding hydrogens is 240 g/mol. The normalized spacial score (nSPS) is 45.8. The second kappa shape index (κ2) is 6.21. The highest BCUT2D eigenvalue weighted by Crippen LogP contribution is 2.38. The molecule has 3 nitrogen and oxygen atoms in total. The molecule has 19 heavy (non-hydrogen) atoms. The molecule has 0 aromatic carbocycles. The van der Waals surface area contributed by atoms with Crippen molar-refractivity contribution in [2.24, 2.45) is 11.8 Å². The van der Waals surface area contributed by atoms with Crippen LogP contribution < -0.4 is 0 Å². The van der Waals surface area contributed by atoms with Crippen molar-refractivity contribution in [2.45, 2.75) is 58.5 Å². The van der Waals surface area contributed by atoms with E-state index >= 15 is 0 Å². The minimum Gasteiger partial charge on any atom is -0.392 e. The van der Waals surface area contributed by atoms with Crippen molar-refractivity contribution in [3.05, 3.63) is 23.3 Å². The first-order valence-corrected chi connectivity index (χ1v) is 7.22. The van der Waals surface area contributed by atoms with Crippen molar-refractivity contribution in [3.8, 4) is 0 Å². The van der Waals surface area contributed by atoms with E-state index in [4.69, 9.17) is 9.47 Å².